The number of carbonyl (C=O) groups is 4. The van der Waals surface area contributed by atoms with Crippen LogP contribution in [0.1, 0.15) is 5.56 Å². The van der Waals surface area contributed by atoms with Crippen LogP contribution in [0, 0.1) is 0 Å². The molecule has 1 aliphatic heterocycles. The van der Waals surface area contributed by atoms with E-state index in [1.165, 1.54) is 11.0 Å². The van der Waals surface area contributed by atoms with Gasteiger partial charge in [0.15, 0.2) is 0 Å². The summed E-state index contributed by atoms with van der Waals surface area (Å²) in [6.07, 6.45) is 1.35. The first-order valence-electron chi connectivity index (χ1n) is 8.04. The molecule has 0 aliphatic carbocycles. The summed E-state index contributed by atoms with van der Waals surface area (Å²) in [7, 11) is 5.45. The average Bonchev–Trinajstić information content (AvgIpc) is 2.80. The Morgan fingerprint density at radius 3 is 2.15 bits per heavy atom. The summed E-state index contributed by atoms with van der Waals surface area (Å²) in [5.41, 5.74) is 1.95. The Kier molecular flexibility index (Phi) is 5.76. The van der Waals surface area contributed by atoms with Crippen molar-refractivity contribution >= 4 is 29.4 Å². The molecule has 0 unspecified atom stereocenters. The zero-order valence-electron chi connectivity index (χ0n) is 15.1. The lowest BCUT2D eigenvalue weighted by molar-refractivity contribution is -0.144. The Morgan fingerprint density at radius 2 is 1.62 bits per heavy atom. The van der Waals surface area contributed by atoms with Crippen LogP contribution in [0.3, 0.4) is 0 Å². The third-order valence-electron chi connectivity index (χ3n) is 4.04. The molecule has 26 heavy (non-hydrogen) atoms. The molecule has 1 heterocycles. The van der Waals surface area contributed by atoms with Gasteiger partial charge in [0.2, 0.25) is 5.91 Å². The first kappa shape index (κ1) is 19.2. The molecule has 1 saturated heterocycles. The lowest BCUT2D eigenvalue weighted by Crippen LogP contribution is -2.42. The Bertz CT molecular complexity index is 742. The Labute approximate surface area is 152 Å². The van der Waals surface area contributed by atoms with Crippen LogP contribution < -0.4 is 4.90 Å². The summed E-state index contributed by atoms with van der Waals surface area (Å²) in [6.45, 7) is 3.23. The summed E-state index contributed by atoms with van der Waals surface area (Å²) < 4.78 is 0. The number of rotatable bonds is 7. The molecule has 0 aromatic heterocycles. The molecule has 2 rings (SSSR count). The van der Waals surface area contributed by atoms with Gasteiger partial charge in [-0.1, -0.05) is 18.2 Å². The first-order valence-corrected chi connectivity index (χ1v) is 8.04. The third kappa shape index (κ3) is 3.90. The van der Waals surface area contributed by atoms with E-state index >= 15 is 0 Å². The van der Waals surface area contributed by atoms with E-state index in [1.807, 2.05) is 43.3 Å². The molecule has 0 bridgehead atoms. The predicted molar refractivity (Wildman–Crippen MR) is 96.3 cm³/mol. The van der Waals surface area contributed by atoms with Crippen LogP contribution in [0.25, 0.3) is 0 Å². The number of likely N-dealkylation sites (N-methyl/N-ethyl adjacent to an activating group) is 1. The molecular weight excluding hydrogens is 336 g/mol. The molecule has 1 aliphatic rings. The van der Waals surface area contributed by atoms with Gasteiger partial charge in [0.05, 0.1) is 0 Å². The van der Waals surface area contributed by atoms with Gasteiger partial charge < -0.3 is 9.80 Å². The Hall–Kier alpha value is -3.16. The second-order valence-electron chi connectivity index (χ2n) is 6.19. The lowest BCUT2D eigenvalue weighted by Gasteiger charge is -2.21. The fraction of sp³-hybridized carbons (Fsp3) is 0.333. The fourth-order valence-corrected chi connectivity index (χ4v) is 2.50. The molecule has 1 aromatic rings. The SMILES string of the molecule is C=CCN1C(=O)C(=O)N(CC(=O)N(C)Cc2ccc(N(C)C)cc2)C1=O. The molecule has 0 spiro atoms. The van der Waals surface area contributed by atoms with Gasteiger partial charge in [-0.25, -0.2) is 9.69 Å². The van der Waals surface area contributed by atoms with Crippen LogP contribution in [0.4, 0.5) is 10.5 Å². The van der Waals surface area contributed by atoms with Crippen molar-refractivity contribution in [3.63, 3.8) is 0 Å². The maximum atomic E-state index is 12.4. The quantitative estimate of drug-likeness (QED) is 0.407. The number of hydrogen-bond donors (Lipinski definition) is 0. The highest BCUT2D eigenvalue weighted by atomic mass is 16.2. The number of hydrogen-bond acceptors (Lipinski definition) is 5. The third-order valence-corrected chi connectivity index (χ3v) is 4.04. The van der Waals surface area contributed by atoms with Gasteiger partial charge in [-0.3, -0.25) is 19.3 Å². The lowest BCUT2D eigenvalue weighted by atomic mass is 10.2. The predicted octanol–water partition coefficient (Wildman–Crippen LogP) is 0.688. The standard InChI is InChI=1S/C18H22N4O4/c1-5-10-21-16(24)17(25)22(18(21)26)12-15(23)20(4)11-13-6-8-14(9-7-13)19(2)3/h5-9H,1,10-12H2,2-4H3. The highest BCUT2D eigenvalue weighted by Gasteiger charge is 2.44. The van der Waals surface area contributed by atoms with E-state index in [0.717, 1.165) is 16.2 Å². The molecule has 138 valence electrons. The topological polar surface area (TPSA) is 81.2 Å². The zero-order chi connectivity index (χ0) is 19.4. The molecule has 1 fully saturated rings. The molecule has 5 amide bonds. The van der Waals surface area contributed by atoms with Crippen LogP contribution in [-0.2, 0) is 20.9 Å². The highest BCUT2D eigenvalue weighted by molar-refractivity contribution is 6.45. The van der Waals surface area contributed by atoms with Crippen LogP contribution >= 0.6 is 0 Å². The molecule has 0 radical (unpaired) electrons. The molecular formula is C18H22N4O4. The highest BCUT2D eigenvalue weighted by Crippen LogP contribution is 2.15. The van der Waals surface area contributed by atoms with Gasteiger partial charge >= 0.3 is 17.8 Å². The second kappa shape index (κ2) is 7.81. The van der Waals surface area contributed by atoms with E-state index in [2.05, 4.69) is 6.58 Å². The number of nitrogens with zero attached hydrogens (tertiary/aromatic N) is 4. The number of carbonyl (C=O) groups excluding carboxylic acids is 4. The minimum atomic E-state index is -0.992. The van der Waals surface area contributed by atoms with Crippen molar-refractivity contribution < 1.29 is 19.2 Å². The summed E-state index contributed by atoms with van der Waals surface area (Å²) in [6, 6.07) is 6.89. The van der Waals surface area contributed by atoms with Crippen molar-refractivity contribution in [2.75, 3.05) is 39.1 Å². The van der Waals surface area contributed by atoms with E-state index < -0.39 is 30.3 Å². The van der Waals surface area contributed by atoms with E-state index in [-0.39, 0.29) is 6.54 Å². The van der Waals surface area contributed by atoms with Gasteiger partial charge in [-0.05, 0) is 17.7 Å². The van der Waals surface area contributed by atoms with E-state index in [9.17, 15) is 19.2 Å². The number of anilines is 1. The molecule has 8 heteroatoms. The summed E-state index contributed by atoms with van der Waals surface area (Å²) in [5.74, 6) is -2.37. The summed E-state index contributed by atoms with van der Waals surface area (Å²) in [4.78, 5) is 53.0. The van der Waals surface area contributed by atoms with Crippen LogP contribution in [0.2, 0.25) is 0 Å². The molecule has 0 saturated carbocycles. The second-order valence-corrected chi connectivity index (χ2v) is 6.19. The maximum absolute atomic E-state index is 12.4. The normalized spacial score (nSPS) is 14.0. The summed E-state index contributed by atoms with van der Waals surface area (Å²) in [5, 5.41) is 0. The molecule has 0 atom stereocenters. The fourth-order valence-electron chi connectivity index (χ4n) is 2.50. The number of amides is 5. The van der Waals surface area contributed by atoms with Crippen LogP contribution in [0.5, 0.6) is 0 Å². The van der Waals surface area contributed by atoms with Crippen molar-refractivity contribution in [1.29, 1.82) is 0 Å². The van der Waals surface area contributed by atoms with Crippen molar-refractivity contribution in [2.24, 2.45) is 0 Å². The van der Waals surface area contributed by atoms with E-state index in [0.29, 0.717) is 11.4 Å². The largest absolute Gasteiger partial charge is 0.378 e. The number of imide groups is 2. The van der Waals surface area contributed by atoms with Crippen molar-refractivity contribution in [2.45, 2.75) is 6.54 Å². The number of urea groups is 1. The van der Waals surface area contributed by atoms with Crippen molar-refractivity contribution in [1.82, 2.24) is 14.7 Å². The monoisotopic (exact) mass is 358 g/mol. The summed E-state index contributed by atoms with van der Waals surface area (Å²) >= 11 is 0. The van der Waals surface area contributed by atoms with Gasteiger partial charge in [-0.2, -0.15) is 0 Å². The van der Waals surface area contributed by atoms with Gasteiger partial charge in [0, 0.05) is 39.9 Å². The van der Waals surface area contributed by atoms with Gasteiger partial charge in [0.25, 0.3) is 0 Å². The molecule has 8 nitrogen and oxygen atoms in total. The first-order chi connectivity index (χ1) is 12.3. The molecule has 1 aromatic carbocycles. The maximum Gasteiger partial charge on any atom is 0.335 e. The van der Waals surface area contributed by atoms with Crippen LogP contribution in [0.15, 0.2) is 36.9 Å². The van der Waals surface area contributed by atoms with Crippen LogP contribution in [-0.4, -0.2) is 72.7 Å². The van der Waals surface area contributed by atoms with Gasteiger partial charge in [0.1, 0.15) is 6.54 Å². The Morgan fingerprint density at radius 1 is 1.04 bits per heavy atom. The molecule has 0 N–H and O–H groups in total. The zero-order valence-corrected chi connectivity index (χ0v) is 15.1. The Balaban J connectivity index is 2.00. The van der Waals surface area contributed by atoms with E-state index in [4.69, 9.17) is 0 Å². The smallest absolute Gasteiger partial charge is 0.335 e. The van der Waals surface area contributed by atoms with Crippen molar-refractivity contribution in [3.05, 3.63) is 42.5 Å². The van der Waals surface area contributed by atoms with E-state index in [1.54, 1.807) is 7.05 Å². The van der Waals surface area contributed by atoms with Crippen molar-refractivity contribution in [3.8, 4) is 0 Å². The average molecular weight is 358 g/mol. The van der Waals surface area contributed by atoms with Gasteiger partial charge in [-0.15, -0.1) is 6.58 Å². The minimum absolute atomic E-state index is 0.0673. The number of benzene rings is 1. The minimum Gasteiger partial charge on any atom is -0.378 e.